The van der Waals surface area contributed by atoms with Gasteiger partial charge in [-0.3, -0.25) is 8.97 Å². The predicted molar refractivity (Wildman–Crippen MR) is 178 cm³/mol. The van der Waals surface area contributed by atoms with E-state index in [1.165, 1.54) is 72.8 Å². The van der Waals surface area contributed by atoms with Gasteiger partial charge in [-0.15, -0.1) is 0 Å². The molecule has 14 nitrogen and oxygen atoms in total. The Kier molecular flexibility index (Phi) is 13.9. The second-order valence-corrected chi connectivity index (χ2v) is 17.3. The van der Waals surface area contributed by atoms with Gasteiger partial charge >= 0.3 is 37.7 Å². The molecule has 0 saturated heterocycles. The second kappa shape index (κ2) is 15.9. The maximum absolute atomic E-state index is 11.2. The summed E-state index contributed by atoms with van der Waals surface area (Å²) >= 11 is 0. The molecule has 0 heterocycles. The monoisotopic (exact) mass is 780 g/mol. The van der Waals surface area contributed by atoms with Crippen molar-refractivity contribution in [3.63, 3.8) is 0 Å². The molecule has 0 unspecified atom stereocenters. The summed E-state index contributed by atoms with van der Waals surface area (Å²) in [6, 6.07) is 22.6. The maximum Gasteiger partial charge on any atom is 2.00 e. The first-order valence-electron chi connectivity index (χ1n) is 13.7. The van der Waals surface area contributed by atoms with E-state index >= 15 is 0 Å². The third-order valence-corrected chi connectivity index (χ3v) is 10.5. The summed E-state index contributed by atoms with van der Waals surface area (Å²) in [6.07, 6.45) is 0. The molecule has 0 aromatic heterocycles. The van der Waals surface area contributed by atoms with Gasteiger partial charge in [0.15, 0.2) is 0 Å². The normalized spacial score (nSPS) is 12.7. The fourth-order valence-corrected chi connectivity index (χ4v) is 6.83. The maximum atomic E-state index is 11.2. The molecule has 4 aromatic rings. The molecule has 0 N–H and O–H groups in total. The summed E-state index contributed by atoms with van der Waals surface area (Å²) in [5, 5.41) is 0. The van der Waals surface area contributed by atoms with Gasteiger partial charge in [-0.05, 0) is 48.5 Å². The van der Waals surface area contributed by atoms with Crippen LogP contribution in [0.15, 0.2) is 117 Å². The van der Waals surface area contributed by atoms with Gasteiger partial charge in [0.1, 0.15) is 64.9 Å². The number of nitrogens with zero attached hydrogens (tertiary/aromatic N) is 2. The zero-order valence-electron chi connectivity index (χ0n) is 26.8. The Morgan fingerprint density at radius 1 is 0.429 bits per heavy atom. The molecule has 260 valence electrons. The van der Waals surface area contributed by atoms with Crippen LogP contribution < -0.4 is 8.97 Å². The van der Waals surface area contributed by atoms with Crippen LogP contribution >= 0.6 is 0 Å². The van der Waals surface area contributed by atoms with Crippen molar-refractivity contribution in [3.8, 4) is 0 Å². The van der Waals surface area contributed by atoms with Gasteiger partial charge in [-0.25, -0.2) is 33.7 Å². The van der Waals surface area contributed by atoms with Crippen LogP contribution in [-0.2, 0) is 53.6 Å². The van der Waals surface area contributed by atoms with Gasteiger partial charge in [-0.2, -0.15) is 0 Å². The average molecular weight is 781 g/mol. The van der Waals surface area contributed by atoms with Crippen molar-refractivity contribution in [1.29, 1.82) is 0 Å². The molecule has 4 rings (SSSR count). The molecule has 0 spiro atoms. The van der Waals surface area contributed by atoms with E-state index in [4.69, 9.17) is 0 Å². The Morgan fingerprint density at radius 2 is 0.673 bits per heavy atom. The molecule has 0 aliphatic heterocycles. The van der Waals surface area contributed by atoms with Gasteiger partial charge in [0.25, 0.3) is 0 Å². The number of quaternary nitrogens is 2. The van der Waals surface area contributed by atoms with E-state index in [0.717, 1.165) is 0 Å². The van der Waals surface area contributed by atoms with E-state index < -0.39 is 40.5 Å². The van der Waals surface area contributed by atoms with Crippen LogP contribution in [0.5, 0.6) is 0 Å². The first kappa shape index (κ1) is 42.9. The molecule has 0 aliphatic rings. The Hall–Kier alpha value is -2.30. The second-order valence-electron chi connectivity index (χ2n) is 11.8. The van der Waals surface area contributed by atoms with Gasteiger partial charge in [0, 0.05) is 23.3 Å². The molecule has 49 heavy (non-hydrogen) atoms. The van der Waals surface area contributed by atoms with Crippen LogP contribution in [0, 0.1) is 0 Å². The molecule has 0 aliphatic carbocycles. The van der Waals surface area contributed by atoms with Crippen molar-refractivity contribution in [3.05, 3.63) is 108 Å². The predicted octanol–water partition coefficient (Wildman–Crippen LogP) is 2.14. The van der Waals surface area contributed by atoms with E-state index in [1.54, 1.807) is 52.5 Å². The summed E-state index contributed by atoms with van der Waals surface area (Å²) in [6.45, 7) is 0.595. The van der Waals surface area contributed by atoms with Crippen molar-refractivity contribution < 1.29 is 51.9 Å². The summed E-state index contributed by atoms with van der Waals surface area (Å²) in [5.41, 5.74) is 2.30. The Labute approximate surface area is 316 Å². The average Bonchev–Trinajstić information content (AvgIpc) is 2.96. The van der Waals surface area contributed by atoms with Gasteiger partial charge < -0.3 is 18.2 Å². The Morgan fingerprint density at radius 3 is 0.939 bits per heavy atom. The third kappa shape index (κ3) is 12.5. The van der Waals surface area contributed by atoms with Gasteiger partial charge in [0.2, 0.25) is 0 Å². The van der Waals surface area contributed by atoms with E-state index in [1.807, 2.05) is 0 Å². The largest absolute Gasteiger partial charge is 2.00 e. The zero-order valence-corrected chi connectivity index (χ0v) is 32.3. The molecule has 0 bridgehead atoms. The fraction of sp³-hybridized carbons (Fsp3) is 0.200. The minimum atomic E-state index is -4.57. The minimum absolute atomic E-state index is 0. The number of hydrogen-bond donors (Lipinski definition) is 0. The molecule has 0 amide bonds. The van der Waals surface area contributed by atoms with Gasteiger partial charge in [-0.1, -0.05) is 36.4 Å². The molecule has 0 fully saturated rings. The third-order valence-electron chi connectivity index (χ3n) is 7.14. The summed E-state index contributed by atoms with van der Waals surface area (Å²) in [7, 11) is -11.1. The molecule has 0 atom stereocenters. The number of hydrogen-bond acceptors (Lipinski definition) is 12. The van der Waals surface area contributed by atoms with Crippen molar-refractivity contribution in [2.45, 2.75) is 32.7 Å². The molecule has 0 radical (unpaired) electrons. The van der Waals surface area contributed by atoms with Crippen molar-refractivity contribution in [2.75, 3.05) is 28.2 Å². The van der Waals surface area contributed by atoms with E-state index in [0.29, 0.717) is 35.6 Å². The minimum Gasteiger partial charge on any atom is -0.744 e. The van der Waals surface area contributed by atoms with Crippen LogP contribution in [0.25, 0.3) is 0 Å². The molecular formula is C30H32CaN2O12S4. The summed E-state index contributed by atoms with van der Waals surface area (Å²) in [4.78, 5) is -1.31. The Balaban J connectivity index is 0.000000333. The first-order valence-corrected chi connectivity index (χ1v) is 19.3. The van der Waals surface area contributed by atoms with E-state index in [9.17, 15) is 51.9 Å². The van der Waals surface area contributed by atoms with Crippen molar-refractivity contribution in [1.82, 2.24) is 8.97 Å². The van der Waals surface area contributed by atoms with Gasteiger partial charge in [0.05, 0.1) is 47.8 Å². The molecule has 4 aromatic carbocycles. The number of rotatable bonds is 10. The fourth-order valence-electron chi connectivity index (χ4n) is 4.73. The first-order chi connectivity index (χ1) is 21.8. The van der Waals surface area contributed by atoms with E-state index in [2.05, 4.69) is 0 Å². The topological polar surface area (TPSA) is 229 Å². The van der Waals surface area contributed by atoms with Crippen LogP contribution in [0.4, 0.5) is 11.4 Å². The van der Waals surface area contributed by atoms with Crippen molar-refractivity contribution >= 4 is 89.6 Å². The van der Waals surface area contributed by atoms with Crippen LogP contribution in [0.3, 0.4) is 0 Å². The quantitative estimate of drug-likeness (QED) is 0.128. The summed E-state index contributed by atoms with van der Waals surface area (Å²) in [5.74, 6) is 0. The van der Waals surface area contributed by atoms with Crippen LogP contribution in [-0.4, -0.2) is 118 Å². The van der Waals surface area contributed by atoms with E-state index in [-0.39, 0.29) is 66.3 Å². The Bertz CT molecular complexity index is 2100. The molecule has 19 heteroatoms. The molecule has 0 saturated carbocycles. The van der Waals surface area contributed by atoms with Crippen LogP contribution in [0.1, 0.15) is 11.1 Å². The van der Waals surface area contributed by atoms with Crippen LogP contribution in [0.2, 0.25) is 0 Å². The SMILES string of the molecule is C[N+](C)(Cc1cccc(S(=O)(=O)[O-])c1)c1cccc(S(=O)(=O)[O-])c1.C[N+](C)(Cc1cccc(S(=O)(=O)[O-])c1)c1cccc(S(=O)(=O)[O-])c1.[Ca+2]. The van der Waals surface area contributed by atoms with Crippen molar-refractivity contribution in [2.24, 2.45) is 0 Å². The zero-order chi connectivity index (χ0) is 36.3. The summed E-state index contributed by atoms with van der Waals surface area (Å²) < 4.78 is 134. The standard InChI is InChI=1S/2C15H17NO6S2.Ca/c2*1-16(2,13-6-4-8-15(10-13)24(20,21)22)11-12-5-3-7-14(9-12)23(17,18)19;/h2*3-10H,11H2,1-2H3,(H-,17,18,19,20,21,22);/q;;+2/p-2. The smallest absolute Gasteiger partial charge is 0.744 e. The molecular weight excluding hydrogens is 749 g/mol. The number of benzene rings is 4.